The fourth-order valence-corrected chi connectivity index (χ4v) is 2.17. The standard InChI is InChI=1S/C11H18N2OS/c1-8(12-3)11(14)13(4)9(2)10-6-5-7-15-10/h5-9,12H,1-4H3. The number of rotatable bonds is 4. The van der Waals surface area contributed by atoms with Gasteiger partial charge in [0.2, 0.25) is 5.91 Å². The third-order valence-corrected chi connectivity index (χ3v) is 3.73. The highest BCUT2D eigenvalue weighted by molar-refractivity contribution is 7.10. The first kappa shape index (κ1) is 12.2. The highest BCUT2D eigenvalue weighted by atomic mass is 32.1. The van der Waals surface area contributed by atoms with E-state index in [1.165, 1.54) is 4.88 Å². The number of nitrogens with zero attached hydrogens (tertiary/aromatic N) is 1. The van der Waals surface area contributed by atoms with Crippen molar-refractivity contribution < 1.29 is 4.79 Å². The summed E-state index contributed by atoms with van der Waals surface area (Å²) >= 11 is 1.68. The van der Waals surface area contributed by atoms with Crippen molar-refractivity contribution in [3.63, 3.8) is 0 Å². The smallest absolute Gasteiger partial charge is 0.239 e. The van der Waals surface area contributed by atoms with Gasteiger partial charge in [-0.3, -0.25) is 4.79 Å². The van der Waals surface area contributed by atoms with Crippen LogP contribution in [0.4, 0.5) is 0 Å². The first-order valence-electron chi connectivity index (χ1n) is 5.05. The fourth-order valence-electron chi connectivity index (χ4n) is 1.34. The van der Waals surface area contributed by atoms with Crippen molar-refractivity contribution in [2.45, 2.75) is 25.9 Å². The Hall–Kier alpha value is -0.870. The topological polar surface area (TPSA) is 32.3 Å². The first-order valence-corrected chi connectivity index (χ1v) is 5.93. The third-order valence-electron chi connectivity index (χ3n) is 2.69. The van der Waals surface area contributed by atoms with Crippen molar-refractivity contribution in [1.29, 1.82) is 0 Å². The van der Waals surface area contributed by atoms with Crippen LogP contribution in [0.15, 0.2) is 17.5 Å². The molecule has 84 valence electrons. The molecule has 0 saturated carbocycles. The van der Waals surface area contributed by atoms with E-state index in [2.05, 4.69) is 11.4 Å². The van der Waals surface area contributed by atoms with Gasteiger partial charge in [0.05, 0.1) is 12.1 Å². The Kier molecular flexibility index (Phi) is 4.29. The Morgan fingerprint density at radius 3 is 2.67 bits per heavy atom. The van der Waals surface area contributed by atoms with E-state index in [-0.39, 0.29) is 18.0 Å². The van der Waals surface area contributed by atoms with Crippen molar-refractivity contribution in [3.05, 3.63) is 22.4 Å². The molecule has 0 fully saturated rings. The highest BCUT2D eigenvalue weighted by Crippen LogP contribution is 2.23. The van der Waals surface area contributed by atoms with Crippen LogP contribution in [-0.2, 0) is 4.79 Å². The van der Waals surface area contributed by atoms with E-state index in [4.69, 9.17) is 0 Å². The molecule has 0 aliphatic carbocycles. The number of amides is 1. The normalized spacial score (nSPS) is 14.7. The second-order valence-electron chi connectivity index (χ2n) is 3.65. The number of hydrogen-bond donors (Lipinski definition) is 1. The molecule has 1 aromatic heterocycles. The number of likely N-dealkylation sites (N-methyl/N-ethyl adjacent to an activating group) is 2. The van der Waals surface area contributed by atoms with Crippen molar-refractivity contribution in [2.24, 2.45) is 0 Å². The van der Waals surface area contributed by atoms with E-state index >= 15 is 0 Å². The molecule has 0 aliphatic rings. The molecule has 0 spiro atoms. The van der Waals surface area contributed by atoms with Crippen LogP contribution >= 0.6 is 11.3 Å². The van der Waals surface area contributed by atoms with Crippen LogP contribution < -0.4 is 5.32 Å². The van der Waals surface area contributed by atoms with Gasteiger partial charge in [-0.25, -0.2) is 0 Å². The molecule has 0 saturated heterocycles. The zero-order valence-electron chi connectivity index (χ0n) is 9.65. The summed E-state index contributed by atoms with van der Waals surface area (Å²) in [6, 6.07) is 4.09. The van der Waals surface area contributed by atoms with E-state index in [0.717, 1.165) is 0 Å². The van der Waals surface area contributed by atoms with E-state index < -0.39 is 0 Å². The largest absolute Gasteiger partial charge is 0.337 e. The first-order chi connectivity index (χ1) is 7.07. The molecule has 0 aromatic carbocycles. The number of carbonyl (C=O) groups excluding carboxylic acids is 1. The van der Waals surface area contributed by atoms with E-state index in [1.54, 1.807) is 23.3 Å². The van der Waals surface area contributed by atoms with Crippen LogP contribution in [0.2, 0.25) is 0 Å². The average molecular weight is 226 g/mol. The zero-order valence-corrected chi connectivity index (χ0v) is 10.5. The molecule has 4 heteroatoms. The summed E-state index contributed by atoms with van der Waals surface area (Å²) in [5.41, 5.74) is 0. The van der Waals surface area contributed by atoms with E-state index in [1.807, 2.05) is 32.3 Å². The van der Waals surface area contributed by atoms with Gasteiger partial charge in [-0.05, 0) is 32.3 Å². The molecular weight excluding hydrogens is 208 g/mol. The Balaban J connectivity index is 2.68. The molecule has 2 unspecified atom stereocenters. The third kappa shape index (κ3) is 2.79. The molecule has 0 radical (unpaired) electrons. The maximum atomic E-state index is 11.9. The molecule has 2 atom stereocenters. The van der Waals surface area contributed by atoms with Crippen LogP contribution in [0.25, 0.3) is 0 Å². The SMILES string of the molecule is CNC(C)C(=O)N(C)C(C)c1cccs1. The Morgan fingerprint density at radius 1 is 1.53 bits per heavy atom. The van der Waals surface area contributed by atoms with Gasteiger partial charge in [-0.1, -0.05) is 6.07 Å². The summed E-state index contributed by atoms with van der Waals surface area (Å²) in [6.45, 7) is 3.92. The predicted octanol–water partition coefficient (Wildman–Crippen LogP) is 1.88. The van der Waals surface area contributed by atoms with Crippen LogP contribution in [0, 0.1) is 0 Å². The summed E-state index contributed by atoms with van der Waals surface area (Å²) in [5.74, 6) is 0.124. The summed E-state index contributed by atoms with van der Waals surface area (Å²) in [5, 5.41) is 4.99. The minimum absolute atomic E-state index is 0.124. The monoisotopic (exact) mass is 226 g/mol. The minimum atomic E-state index is -0.127. The summed E-state index contributed by atoms with van der Waals surface area (Å²) in [7, 11) is 3.65. The average Bonchev–Trinajstić information content (AvgIpc) is 2.78. The second-order valence-corrected chi connectivity index (χ2v) is 4.63. The molecule has 1 N–H and O–H groups in total. The zero-order chi connectivity index (χ0) is 11.4. The van der Waals surface area contributed by atoms with Crippen LogP contribution in [0.5, 0.6) is 0 Å². The lowest BCUT2D eigenvalue weighted by molar-refractivity contribution is -0.133. The molecule has 0 aliphatic heterocycles. The van der Waals surface area contributed by atoms with E-state index in [9.17, 15) is 4.79 Å². The molecule has 3 nitrogen and oxygen atoms in total. The van der Waals surface area contributed by atoms with Crippen LogP contribution in [0.1, 0.15) is 24.8 Å². The predicted molar refractivity (Wildman–Crippen MR) is 64.0 cm³/mol. The number of carbonyl (C=O) groups is 1. The molecular formula is C11H18N2OS. The second kappa shape index (κ2) is 5.28. The van der Waals surface area contributed by atoms with Crippen LogP contribution in [-0.4, -0.2) is 30.9 Å². The van der Waals surface area contributed by atoms with Crippen molar-refractivity contribution in [3.8, 4) is 0 Å². The van der Waals surface area contributed by atoms with Gasteiger partial charge in [0.25, 0.3) is 0 Å². The van der Waals surface area contributed by atoms with Crippen molar-refractivity contribution in [2.75, 3.05) is 14.1 Å². The summed E-state index contributed by atoms with van der Waals surface area (Å²) in [6.07, 6.45) is 0. The molecule has 15 heavy (non-hydrogen) atoms. The van der Waals surface area contributed by atoms with Crippen molar-refractivity contribution in [1.82, 2.24) is 10.2 Å². The quantitative estimate of drug-likeness (QED) is 0.850. The van der Waals surface area contributed by atoms with Gasteiger partial charge in [-0.2, -0.15) is 0 Å². The molecule has 1 heterocycles. The van der Waals surface area contributed by atoms with Gasteiger partial charge in [0.1, 0.15) is 0 Å². The summed E-state index contributed by atoms with van der Waals surface area (Å²) in [4.78, 5) is 14.9. The maximum absolute atomic E-state index is 11.9. The Morgan fingerprint density at radius 2 is 2.20 bits per heavy atom. The fraction of sp³-hybridized carbons (Fsp3) is 0.545. The lowest BCUT2D eigenvalue weighted by Crippen LogP contribution is -2.42. The van der Waals surface area contributed by atoms with Crippen LogP contribution in [0.3, 0.4) is 0 Å². The lowest BCUT2D eigenvalue weighted by Gasteiger charge is -2.26. The van der Waals surface area contributed by atoms with Gasteiger partial charge >= 0.3 is 0 Å². The highest BCUT2D eigenvalue weighted by Gasteiger charge is 2.21. The molecule has 0 bridgehead atoms. The van der Waals surface area contributed by atoms with Gasteiger partial charge in [0, 0.05) is 11.9 Å². The number of nitrogens with one attached hydrogen (secondary N) is 1. The van der Waals surface area contributed by atoms with Gasteiger partial charge in [0.15, 0.2) is 0 Å². The van der Waals surface area contributed by atoms with Gasteiger partial charge < -0.3 is 10.2 Å². The molecule has 1 amide bonds. The van der Waals surface area contributed by atoms with Crippen molar-refractivity contribution >= 4 is 17.2 Å². The number of hydrogen-bond acceptors (Lipinski definition) is 3. The number of thiophene rings is 1. The summed E-state index contributed by atoms with van der Waals surface area (Å²) < 4.78 is 0. The molecule has 1 rings (SSSR count). The molecule has 1 aromatic rings. The minimum Gasteiger partial charge on any atom is -0.337 e. The lowest BCUT2D eigenvalue weighted by atomic mass is 10.2. The Bertz CT molecular complexity index is 310. The Labute approximate surface area is 95.1 Å². The maximum Gasteiger partial charge on any atom is 0.239 e. The van der Waals surface area contributed by atoms with Gasteiger partial charge in [-0.15, -0.1) is 11.3 Å². The van der Waals surface area contributed by atoms with E-state index in [0.29, 0.717) is 0 Å².